The van der Waals surface area contributed by atoms with E-state index in [0.29, 0.717) is 11.5 Å². The summed E-state index contributed by atoms with van der Waals surface area (Å²) in [6.07, 6.45) is 0.696. The van der Waals surface area contributed by atoms with Crippen LogP contribution in [0.3, 0.4) is 0 Å². The molecule has 1 aromatic rings. The first-order chi connectivity index (χ1) is 9.35. The van der Waals surface area contributed by atoms with Crippen LogP contribution in [0.15, 0.2) is 30.3 Å². The van der Waals surface area contributed by atoms with Gasteiger partial charge in [-0.15, -0.1) is 0 Å². The number of amides is 1. The zero-order valence-corrected chi connectivity index (χ0v) is 12.5. The second-order valence-corrected chi connectivity index (χ2v) is 5.89. The molecular formula is C16H25NO3. The molecule has 4 heteroatoms. The number of carbonyl (C=O) groups excluding carboxylic acids is 1. The molecule has 0 heterocycles. The number of hydrogen-bond donors (Lipinski definition) is 3. The lowest BCUT2D eigenvalue weighted by Gasteiger charge is -2.25. The minimum absolute atomic E-state index is 0.0222. The van der Waals surface area contributed by atoms with E-state index in [0.717, 1.165) is 6.42 Å². The number of benzene rings is 1. The predicted octanol–water partition coefficient (Wildman–Crippen LogP) is 1.81. The minimum Gasteiger partial charge on any atom is -0.394 e. The Kier molecular flexibility index (Phi) is 6.17. The van der Waals surface area contributed by atoms with Crippen LogP contribution >= 0.6 is 0 Å². The fourth-order valence-corrected chi connectivity index (χ4v) is 2.24. The van der Waals surface area contributed by atoms with E-state index in [9.17, 15) is 15.0 Å². The van der Waals surface area contributed by atoms with Crippen LogP contribution in [0.25, 0.3) is 0 Å². The fourth-order valence-electron chi connectivity index (χ4n) is 2.24. The van der Waals surface area contributed by atoms with Crippen molar-refractivity contribution in [1.82, 2.24) is 5.32 Å². The number of hydrogen-bond acceptors (Lipinski definition) is 3. The van der Waals surface area contributed by atoms with Crippen LogP contribution in [0.2, 0.25) is 0 Å². The molecule has 0 aliphatic heterocycles. The maximum atomic E-state index is 12.0. The molecule has 2 unspecified atom stereocenters. The molecule has 0 aromatic heterocycles. The smallest absolute Gasteiger partial charge is 0.223 e. The maximum absolute atomic E-state index is 12.0. The normalized spacial score (nSPS) is 15.7. The van der Waals surface area contributed by atoms with Crippen LogP contribution in [0, 0.1) is 5.92 Å². The van der Waals surface area contributed by atoms with Crippen molar-refractivity contribution >= 4 is 5.91 Å². The molecule has 1 rings (SSSR count). The highest BCUT2D eigenvalue weighted by Gasteiger charge is 2.27. The van der Waals surface area contributed by atoms with Crippen molar-refractivity contribution in [3.8, 4) is 0 Å². The molecule has 4 nitrogen and oxygen atoms in total. The number of aliphatic hydroxyl groups is 2. The summed E-state index contributed by atoms with van der Waals surface area (Å²) in [4.78, 5) is 12.0. The van der Waals surface area contributed by atoms with Gasteiger partial charge in [-0.3, -0.25) is 4.79 Å². The number of carbonyl (C=O) groups is 1. The molecule has 112 valence electrons. The lowest BCUT2D eigenvalue weighted by molar-refractivity contribution is -0.127. The van der Waals surface area contributed by atoms with Gasteiger partial charge in [-0.2, -0.15) is 0 Å². The molecule has 0 aliphatic carbocycles. The SMILES string of the molecule is CC(C)CC(CO)NC(=O)CC(C)(O)c1ccccc1. The van der Waals surface area contributed by atoms with Gasteiger partial charge < -0.3 is 15.5 Å². The summed E-state index contributed by atoms with van der Waals surface area (Å²) in [6, 6.07) is 8.86. The van der Waals surface area contributed by atoms with Crippen molar-refractivity contribution in [3.63, 3.8) is 0 Å². The van der Waals surface area contributed by atoms with E-state index in [1.54, 1.807) is 19.1 Å². The number of rotatable bonds is 7. The Morgan fingerprint density at radius 3 is 2.40 bits per heavy atom. The van der Waals surface area contributed by atoms with Crippen LogP contribution in [-0.2, 0) is 10.4 Å². The van der Waals surface area contributed by atoms with Gasteiger partial charge in [0.05, 0.1) is 24.7 Å². The first-order valence-corrected chi connectivity index (χ1v) is 7.03. The van der Waals surface area contributed by atoms with Crippen molar-refractivity contribution in [1.29, 1.82) is 0 Å². The first-order valence-electron chi connectivity index (χ1n) is 7.03. The predicted molar refractivity (Wildman–Crippen MR) is 79.1 cm³/mol. The van der Waals surface area contributed by atoms with Gasteiger partial charge >= 0.3 is 0 Å². The molecule has 0 radical (unpaired) electrons. The van der Waals surface area contributed by atoms with Gasteiger partial charge in [0.25, 0.3) is 0 Å². The average Bonchev–Trinajstić information content (AvgIpc) is 2.37. The van der Waals surface area contributed by atoms with E-state index in [1.165, 1.54) is 0 Å². The van der Waals surface area contributed by atoms with Crippen LogP contribution in [0.5, 0.6) is 0 Å². The summed E-state index contributed by atoms with van der Waals surface area (Å²) in [5.74, 6) is 0.139. The van der Waals surface area contributed by atoms with E-state index in [1.807, 2.05) is 32.0 Å². The van der Waals surface area contributed by atoms with E-state index in [2.05, 4.69) is 5.32 Å². The van der Waals surface area contributed by atoms with Crippen molar-refractivity contribution in [2.24, 2.45) is 5.92 Å². The van der Waals surface area contributed by atoms with Gasteiger partial charge in [-0.05, 0) is 24.8 Å². The van der Waals surface area contributed by atoms with E-state index < -0.39 is 5.60 Å². The summed E-state index contributed by atoms with van der Waals surface area (Å²) in [6.45, 7) is 5.61. The first kappa shape index (κ1) is 16.7. The third kappa shape index (κ3) is 5.31. The van der Waals surface area contributed by atoms with Gasteiger partial charge in [-0.1, -0.05) is 44.2 Å². The highest BCUT2D eigenvalue weighted by atomic mass is 16.3. The molecule has 3 N–H and O–H groups in total. The zero-order chi connectivity index (χ0) is 15.2. The lowest BCUT2D eigenvalue weighted by atomic mass is 9.92. The van der Waals surface area contributed by atoms with Gasteiger partial charge in [0.15, 0.2) is 0 Å². The fraction of sp³-hybridized carbons (Fsp3) is 0.562. The van der Waals surface area contributed by atoms with E-state index >= 15 is 0 Å². The highest BCUT2D eigenvalue weighted by Crippen LogP contribution is 2.24. The molecule has 2 atom stereocenters. The summed E-state index contributed by atoms with van der Waals surface area (Å²) in [5.41, 5.74) is -0.497. The third-order valence-electron chi connectivity index (χ3n) is 3.24. The molecule has 0 saturated heterocycles. The summed E-state index contributed by atoms with van der Waals surface area (Å²) < 4.78 is 0. The number of nitrogens with one attached hydrogen (secondary N) is 1. The molecule has 0 saturated carbocycles. The highest BCUT2D eigenvalue weighted by molar-refractivity contribution is 5.77. The van der Waals surface area contributed by atoms with E-state index in [4.69, 9.17) is 0 Å². The molecule has 0 aliphatic rings. The second kappa shape index (κ2) is 7.41. The van der Waals surface area contributed by atoms with Crippen LogP contribution in [-0.4, -0.2) is 28.8 Å². The lowest BCUT2D eigenvalue weighted by Crippen LogP contribution is -2.41. The van der Waals surface area contributed by atoms with Gasteiger partial charge in [0.2, 0.25) is 5.91 Å². The maximum Gasteiger partial charge on any atom is 0.223 e. The van der Waals surface area contributed by atoms with Gasteiger partial charge in [-0.25, -0.2) is 0 Å². The van der Waals surface area contributed by atoms with Gasteiger partial charge in [0, 0.05) is 0 Å². The second-order valence-electron chi connectivity index (χ2n) is 5.89. The Balaban J connectivity index is 2.61. The van der Waals surface area contributed by atoms with Crippen molar-refractivity contribution in [3.05, 3.63) is 35.9 Å². The summed E-state index contributed by atoms with van der Waals surface area (Å²) in [7, 11) is 0. The monoisotopic (exact) mass is 279 g/mol. The van der Waals surface area contributed by atoms with Crippen molar-refractivity contribution in [2.75, 3.05) is 6.61 Å². The Bertz CT molecular complexity index is 415. The number of aliphatic hydroxyl groups excluding tert-OH is 1. The molecule has 1 aromatic carbocycles. The van der Waals surface area contributed by atoms with Crippen LogP contribution in [0.1, 0.15) is 39.2 Å². The largest absolute Gasteiger partial charge is 0.394 e. The Hall–Kier alpha value is -1.39. The van der Waals surface area contributed by atoms with Crippen molar-refractivity contribution < 1.29 is 15.0 Å². The third-order valence-corrected chi connectivity index (χ3v) is 3.24. The summed E-state index contributed by atoms with van der Waals surface area (Å²) in [5, 5.41) is 22.4. The topological polar surface area (TPSA) is 69.6 Å². The Labute approximate surface area is 120 Å². The molecule has 20 heavy (non-hydrogen) atoms. The molecule has 0 spiro atoms. The Morgan fingerprint density at radius 2 is 1.90 bits per heavy atom. The van der Waals surface area contributed by atoms with Crippen molar-refractivity contribution in [2.45, 2.75) is 45.3 Å². The average molecular weight is 279 g/mol. The molecule has 0 fully saturated rings. The standard InChI is InChI=1S/C16H25NO3/c1-12(2)9-14(11-18)17-15(19)10-16(3,20)13-7-5-4-6-8-13/h4-8,12,14,18,20H,9-11H2,1-3H3,(H,17,19). The quantitative estimate of drug-likeness (QED) is 0.713. The minimum atomic E-state index is -1.21. The van der Waals surface area contributed by atoms with Crippen LogP contribution in [0.4, 0.5) is 0 Å². The summed E-state index contributed by atoms with van der Waals surface area (Å²) >= 11 is 0. The van der Waals surface area contributed by atoms with Gasteiger partial charge in [0.1, 0.15) is 0 Å². The van der Waals surface area contributed by atoms with E-state index in [-0.39, 0.29) is 25.0 Å². The zero-order valence-electron chi connectivity index (χ0n) is 12.5. The molecule has 1 amide bonds. The molecule has 0 bridgehead atoms. The van der Waals surface area contributed by atoms with Crippen LogP contribution < -0.4 is 5.32 Å². The Morgan fingerprint density at radius 1 is 1.30 bits per heavy atom. The molecular weight excluding hydrogens is 254 g/mol.